The van der Waals surface area contributed by atoms with Gasteiger partial charge in [0.15, 0.2) is 0 Å². The number of benzene rings is 4. The Morgan fingerprint density at radius 3 is 1.41 bits per heavy atom. The molecule has 49 heavy (non-hydrogen) atoms. The first kappa shape index (κ1) is 30.5. The molecule has 8 rings (SSSR count). The lowest BCUT2D eigenvalue weighted by Crippen LogP contribution is -2.30. The third-order valence-electron chi connectivity index (χ3n) is 9.92. The quantitative estimate of drug-likeness (QED) is 0.167. The number of hydrogen-bond donors (Lipinski definition) is 0. The van der Waals surface area contributed by atoms with E-state index in [0.717, 1.165) is 58.0 Å². The van der Waals surface area contributed by atoms with Crippen LogP contribution in [0.2, 0.25) is 0 Å². The minimum absolute atomic E-state index is 0.0143. The van der Waals surface area contributed by atoms with Crippen molar-refractivity contribution >= 4 is 17.1 Å². The molecule has 1 aliphatic carbocycles. The van der Waals surface area contributed by atoms with Crippen molar-refractivity contribution in [3.63, 3.8) is 0 Å². The fourth-order valence-corrected chi connectivity index (χ4v) is 7.43. The largest absolute Gasteiger partial charge is 0.311 e. The van der Waals surface area contributed by atoms with Gasteiger partial charge in [0.2, 0.25) is 0 Å². The summed E-state index contributed by atoms with van der Waals surface area (Å²) >= 11 is 0. The zero-order valence-corrected chi connectivity index (χ0v) is 27.5. The Balaban J connectivity index is 1.15. The summed E-state index contributed by atoms with van der Waals surface area (Å²) in [7, 11) is 0. The maximum absolute atomic E-state index is 5.02. The molecule has 0 saturated heterocycles. The molecule has 4 aromatic carbocycles. The molecule has 3 aromatic heterocycles. The molecule has 1 aliphatic rings. The Labute approximate surface area is 288 Å². The highest BCUT2D eigenvalue weighted by Crippen LogP contribution is 2.46. The number of para-hydroxylation sites is 2. The average Bonchev–Trinajstić information content (AvgIpc) is 3.20. The predicted octanol–water partition coefficient (Wildman–Crippen LogP) is 11.6. The smallest absolute Gasteiger partial charge is 0.0731 e. The summed E-state index contributed by atoms with van der Waals surface area (Å²) in [5, 5.41) is 0. The van der Waals surface area contributed by atoms with Crippen molar-refractivity contribution in [1.82, 2.24) is 15.0 Å². The van der Waals surface area contributed by atoms with Crippen LogP contribution in [0.1, 0.15) is 43.2 Å². The summed E-state index contributed by atoms with van der Waals surface area (Å²) in [6.07, 6.45) is 13.4. The van der Waals surface area contributed by atoms with E-state index in [1.165, 1.54) is 36.0 Å². The Kier molecular flexibility index (Phi) is 8.52. The molecule has 4 heteroatoms. The third kappa shape index (κ3) is 6.26. The van der Waals surface area contributed by atoms with Gasteiger partial charge in [-0.25, -0.2) is 4.98 Å². The predicted molar refractivity (Wildman–Crippen MR) is 201 cm³/mol. The van der Waals surface area contributed by atoms with E-state index in [1.54, 1.807) is 12.4 Å². The zero-order valence-electron chi connectivity index (χ0n) is 27.5. The second-order valence-electron chi connectivity index (χ2n) is 12.9. The van der Waals surface area contributed by atoms with Crippen molar-refractivity contribution in [3.05, 3.63) is 182 Å². The van der Waals surface area contributed by atoms with E-state index in [2.05, 4.69) is 148 Å². The molecule has 0 radical (unpaired) electrons. The van der Waals surface area contributed by atoms with Gasteiger partial charge >= 0.3 is 0 Å². The summed E-state index contributed by atoms with van der Waals surface area (Å²) < 4.78 is 0. The Bertz CT molecular complexity index is 2010. The van der Waals surface area contributed by atoms with E-state index < -0.39 is 0 Å². The zero-order chi connectivity index (χ0) is 32.9. The van der Waals surface area contributed by atoms with Gasteiger partial charge in [-0.3, -0.25) is 9.97 Å². The van der Waals surface area contributed by atoms with Crippen molar-refractivity contribution in [1.29, 1.82) is 0 Å². The maximum atomic E-state index is 5.02. The van der Waals surface area contributed by atoms with Crippen LogP contribution in [0.15, 0.2) is 170 Å². The number of nitrogens with zero attached hydrogens (tertiary/aromatic N) is 4. The average molecular weight is 635 g/mol. The molecule has 0 spiro atoms. The molecule has 7 aromatic rings. The van der Waals surface area contributed by atoms with E-state index in [-0.39, 0.29) is 5.41 Å². The summed E-state index contributed by atoms with van der Waals surface area (Å²) in [4.78, 5) is 16.1. The Morgan fingerprint density at radius 1 is 0.429 bits per heavy atom. The fourth-order valence-electron chi connectivity index (χ4n) is 7.43. The highest BCUT2D eigenvalue weighted by Gasteiger charge is 2.35. The molecule has 1 saturated carbocycles. The van der Waals surface area contributed by atoms with Gasteiger partial charge in [0, 0.05) is 58.4 Å². The number of rotatable bonds is 8. The molecule has 0 N–H and O–H groups in total. The van der Waals surface area contributed by atoms with Crippen molar-refractivity contribution in [2.24, 2.45) is 0 Å². The van der Waals surface area contributed by atoms with Crippen LogP contribution in [0.4, 0.5) is 17.1 Å². The van der Waals surface area contributed by atoms with Crippen LogP contribution >= 0.6 is 0 Å². The second kappa shape index (κ2) is 13.7. The summed E-state index contributed by atoms with van der Waals surface area (Å²) in [5.41, 5.74) is 12.3. The normalized spacial score (nSPS) is 13.9. The van der Waals surface area contributed by atoms with Gasteiger partial charge in [-0.05, 0) is 108 Å². The summed E-state index contributed by atoms with van der Waals surface area (Å²) in [6, 6.07) is 52.3. The third-order valence-corrected chi connectivity index (χ3v) is 9.92. The van der Waals surface area contributed by atoms with Crippen LogP contribution in [0.3, 0.4) is 0 Å². The molecule has 1 fully saturated rings. The second-order valence-corrected chi connectivity index (χ2v) is 12.9. The van der Waals surface area contributed by atoms with Crippen LogP contribution in [0, 0.1) is 0 Å². The first-order valence-corrected chi connectivity index (χ1v) is 17.2. The van der Waals surface area contributed by atoms with Gasteiger partial charge in [-0.1, -0.05) is 92.1 Å². The lowest BCUT2D eigenvalue weighted by Gasteiger charge is -2.39. The van der Waals surface area contributed by atoms with E-state index >= 15 is 0 Å². The molecular weight excluding hydrogens is 597 g/mol. The molecule has 4 nitrogen and oxygen atoms in total. The minimum Gasteiger partial charge on any atom is -0.311 e. The number of aromatic nitrogens is 3. The summed E-state index contributed by atoms with van der Waals surface area (Å²) in [5.74, 6) is 0. The molecule has 3 heterocycles. The molecule has 238 valence electrons. The fraction of sp³-hybridized carbons (Fsp3) is 0.133. The lowest BCUT2D eigenvalue weighted by molar-refractivity contribution is 0.346. The van der Waals surface area contributed by atoms with Gasteiger partial charge in [-0.2, -0.15) is 0 Å². The molecule has 0 amide bonds. The highest BCUT2D eigenvalue weighted by atomic mass is 15.1. The van der Waals surface area contributed by atoms with Crippen LogP contribution in [-0.4, -0.2) is 15.0 Å². The van der Waals surface area contributed by atoms with Crippen molar-refractivity contribution in [2.75, 3.05) is 4.90 Å². The van der Waals surface area contributed by atoms with Gasteiger partial charge < -0.3 is 4.90 Å². The monoisotopic (exact) mass is 634 g/mol. The minimum atomic E-state index is -0.0143. The van der Waals surface area contributed by atoms with E-state index in [1.807, 2.05) is 24.5 Å². The number of anilines is 3. The molecular formula is C45H38N4. The molecule has 0 aliphatic heterocycles. The standard InChI is InChI=1S/C45H38N4/c1-4-14-40(15-5-1)49(41-16-6-2-7-17-41)42-24-22-39(23-25-42)45(26-8-3-9-27-45)38-20-18-34(19-21-38)37-30-43(35-12-10-28-46-32-35)48-44(31-37)36-13-11-29-47-33-36/h1-2,4-7,10-25,28-33H,3,8-9,26-27H2. The van der Waals surface area contributed by atoms with Crippen LogP contribution in [0.5, 0.6) is 0 Å². The van der Waals surface area contributed by atoms with E-state index in [4.69, 9.17) is 4.98 Å². The highest BCUT2D eigenvalue weighted by molar-refractivity contribution is 5.78. The Morgan fingerprint density at radius 2 is 0.918 bits per heavy atom. The van der Waals surface area contributed by atoms with Gasteiger partial charge in [0.05, 0.1) is 11.4 Å². The van der Waals surface area contributed by atoms with Gasteiger partial charge in [-0.15, -0.1) is 0 Å². The van der Waals surface area contributed by atoms with Crippen LogP contribution in [-0.2, 0) is 5.41 Å². The number of pyridine rings is 3. The first-order valence-electron chi connectivity index (χ1n) is 17.2. The lowest BCUT2D eigenvalue weighted by atomic mass is 9.65. The molecule has 0 atom stereocenters. The van der Waals surface area contributed by atoms with Crippen LogP contribution < -0.4 is 4.90 Å². The van der Waals surface area contributed by atoms with Crippen molar-refractivity contribution < 1.29 is 0 Å². The van der Waals surface area contributed by atoms with E-state index in [0.29, 0.717) is 0 Å². The molecule has 0 bridgehead atoms. The van der Waals surface area contributed by atoms with E-state index in [9.17, 15) is 0 Å². The topological polar surface area (TPSA) is 41.9 Å². The molecule has 0 unspecified atom stereocenters. The SMILES string of the molecule is c1ccc(N(c2ccccc2)c2ccc(C3(c4ccc(-c5cc(-c6cccnc6)nc(-c6cccnc6)c5)cc4)CCCCC3)cc2)cc1. The summed E-state index contributed by atoms with van der Waals surface area (Å²) in [6.45, 7) is 0. The Hall–Kier alpha value is -5.87. The van der Waals surface area contributed by atoms with Gasteiger partial charge in [0.25, 0.3) is 0 Å². The maximum Gasteiger partial charge on any atom is 0.0731 e. The number of hydrogen-bond acceptors (Lipinski definition) is 4. The van der Waals surface area contributed by atoms with Gasteiger partial charge in [0.1, 0.15) is 0 Å². The van der Waals surface area contributed by atoms with Crippen molar-refractivity contribution in [3.8, 4) is 33.6 Å². The first-order chi connectivity index (χ1) is 24.3. The van der Waals surface area contributed by atoms with Crippen LogP contribution in [0.25, 0.3) is 33.6 Å². The van der Waals surface area contributed by atoms with Crippen molar-refractivity contribution in [2.45, 2.75) is 37.5 Å².